The van der Waals surface area contributed by atoms with Crippen LogP contribution in [0.1, 0.15) is 0 Å². The molecule has 0 bridgehead atoms. The lowest BCUT2D eigenvalue weighted by Gasteiger charge is -2.09. The van der Waals surface area contributed by atoms with Crippen molar-refractivity contribution in [3.8, 4) is 17.7 Å². The van der Waals surface area contributed by atoms with Crippen LogP contribution in [0.3, 0.4) is 0 Å². The molecule has 21 heavy (non-hydrogen) atoms. The van der Waals surface area contributed by atoms with Gasteiger partial charge < -0.3 is 4.74 Å². The number of amidine groups is 1. The molecule has 0 fully saturated rings. The first kappa shape index (κ1) is 14.9. The van der Waals surface area contributed by atoms with E-state index in [0.717, 1.165) is 0 Å². The zero-order valence-corrected chi connectivity index (χ0v) is 12.0. The Hall–Kier alpha value is -2.52. The summed E-state index contributed by atoms with van der Waals surface area (Å²) in [6, 6.07) is 12.9. The summed E-state index contributed by atoms with van der Waals surface area (Å²) in [6.07, 6.45) is 3.64. The molecule has 0 atom stereocenters. The topological polar surface area (TPSA) is 57.4 Å². The molecular formula is C15H12FN3OS. The molecule has 2 rings (SSSR count). The molecule has 106 valence electrons. The van der Waals surface area contributed by atoms with Crippen LogP contribution >= 0.6 is 11.8 Å². The minimum absolute atomic E-state index is 0.323. The quantitative estimate of drug-likeness (QED) is 0.402. The average molecular weight is 301 g/mol. The van der Waals surface area contributed by atoms with Gasteiger partial charge in [-0.2, -0.15) is 5.26 Å². The Balaban J connectivity index is 2.28. The van der Waals surface area contributed by atoms with Crippen molar-refractivity contribution < 1.29 is 9.13 Å². The van der Waals surface area contributed by atoms with Gasteiger partial charge in [0, 0.05) is 0 Å². The minimum Gasteiger partial charge on any atom is -0.455 e. The molecule has 0 amide bonds. The molecule has 0 heterocycles. The Morgan fingerprint density at radius 2 is 1.95 bits per heavy atom. The second-order valence-corrected chi connectivity index (χ2v) is 4.68. The van der Waals surface area contributed by atoms with Crippen molar-refractivity contribution >= 4 is 22.6 Å². The van der Waals surface area contributed by atoms with Crippen LogP contribution in [0.15, 0.2) is 53.5 Å². The van der Waals surface area contributed by atoms with Gasteiger partial charge in [0.1, 0.15) is 17.3 Å². The summed E-state index contributed by atoms with van der Waals surface area (Å²) >= 11 is 1.32. The van der Waals surface area contributed by atoms with E-state index in [1.54, 1.807) is 24.3 Å². The van der Waals surface area contributed by atoms with E-state index in [-0.39, 0.29) is 5.82 Å². The maximum atomic E-state index is 12.9. The van der Waals surface area contributed by atoms with Gasteiger partial charge in [0.2, 0.25) is 0 Å². The number of nitriles is 1. The first-order valence-corrected chi connectivity index (χ1v) is 7.25. The molecule has 2 aromatic rings. The summed E-state index contributed by atoms with van der Waals surface area (Å²) in [5.74, 6) is 0.713. The summed E-state index contributed by atoms with van der Waals surface area (Å²) in [4.78, 5) is 4.33. The number of hydrogen-bond acceptors (Lipinski definition) is 4. The number of thioether (sulfide) groups is 1. The third kappa shape index (κ3) is 4.23. The second-order valence-electron chi connectivity index (χ2n) is 3.88. The molecule has 2 aromatic carbocycles. The van der Waals surface area contributed by atoms with E-state index < -0.39 is 0 Å². The van der Waals surface area contributed by atoms with E-state index in [0.29, 0.717) is 22.4 Å². The molecule has 0 aromatic heterocycles. The van der Waals surface area contributed by atoms with Gasteiger partial charge in [0.05, 0.1) is 0 Å². The highest BCUT2D eigenvalue weighted by atomic mass is 32.2. The largest absolute Gasteiger partial charge is 0.455 e. The minimum atomic E-state index is -0.323. The van der Waals surface area contributed by atoms with E-state index in [4.69, 9.17) is 10.00 Å². The fraction of sp³-hybridized carbons (Fsp3) is 0.0667. The van der Waals surface area contributed by atoms with Crippen LogP contribution in [-0.4, -0.2) is 11.4 Å². The smallest absolute Gasteiger partial charge is 0.183 e. The molecule has 0 aliphatic carbocycles. The van der Waals surface area contributed by atoms with Gasteiger partial charge in [0.15, 0.2) is 17.1 Å². The lowest BCUT2D eigenvalue weighted by molar-refractivity contribution is 0.482. The molecule has 4 nitrogen and oxygen atoms in total. The molecule has 0 unspecified atom stereocenters. The summed E-state index contributed by atoms with van der Waals surface area (Å²) in [7, 11) is 0. The van der Waals surface area contributed by atoms with Crippen LogP contribution in [0.5, 0.6) is 11.5 Å². The van der Waals surface area contributed by atoms with E-state index in [1.165, 1.54) is 23.9 Å². The van der Waals surface area contributed by atoms with Crippen LogP contribution < -0.4 is 10.1 Å². The second kappa shape index (κ2) is 7.31. The van der Waals surface area contributed by atoms with E-state index in [9.17, 15) is 4.39 Å². The van der Waals surface area contributed by atoms with Gasteiger partial charge in [-0.05, 0) is 42.7 Å². The maximum absolute atomic E-state index is 12.9. The summed E-state index contributed by atoms with van der Waals surface area (Å²) < 4.78 is 18.6. The van der Waals surface area contributed by atoms with E-state index in [1.807, 2.05) is 24.6 Å². The maximum Gasteiger partial charge on any atom is 0.183 e. The van der Waals surface area contributed by atoms with Gasteiger partial charge in [-0.3, -0.25) is 5.32 Å². The third-order valence-electron chi connectivity index (χ3n) is 2.48. The zero-order chi connectivity index (χ0) is 15.1. The van der Waals surface area contributed by atoms with Crippen molar-refractivity contribution in [2.45, 2.75) is 0 Å². The number of halogens is 1. The monoisotopic (exact) mass is 301 g/mol. The first-order valence-electron chi connectivity index (χ1n) is 6.03. The Morgan fingerprint density at radius 1 is 1.24 bits per heavy atom. The van der Waals surface area contributed by atoms with Gasteiger partial charge in [0.25, 0.3) is 0 Å². The van der Waals surface area contributed by atoms with Gasteiger partial charge in [-0.1, -0.05) is 23.9 Å². The normalized spacial score (nSPS) is 10.8. The molecule has 0 aliphatic heterocycles. The molecule has 0 aliphatic rings. The molecule has 0 saturated heterocycles. The number of rotatable bonds is 3. The average Bonchev–Trinajstić information content (AvgIpc) is 2.51. The third-order valence-corrected chi connectivity index (χ3v) is 3.06. The summed E-state index contributed by atoms with van der Waals surface area (Å²) in [6.45, 7) is 0. The SMILES string of the molecule is CSC(=Nc1ccccc1Oc1ccc(F)cc1)NC#N. The Morgan fingerprint density at radius 3 is 2.62 bits per heavy atom. The number of nitrogens with zero attached hydrogens (tertiary/aromatic N) is 2. The fourth-order valence-corrected chi connectivity index (χ4v) is 1.88. The van der Waals surface area contributed by atoms with Crippen LogP contribution in [0.2, 0.25) is 0 Å². The van der Waals surface area contributed by atoms with Crippen molar-refractivity contribution in [3.63, 3.8) is 0 Å². The van der Waals surface area contributed by atoms with E-state index >= 15 is 0 Å². The van der Waals surface area contributed by atoms with Crippen LogP contribution in [0, 0.1) is 17.3 Å². The molecular weight excluding hydrogens is 289 g/mol. The number of aliphatic imine (C=N–C) groups is 1. The standard InChI is InChI=1S/C15H12FN3OS/c1-21-15(18-10-17)19-13-4-2-3-5-14(13)20-12-8-6-11(16)7-9-12/h2-9H,1H3,(H,18,19). The summed E-state index contributed by atoms with van der Waals surface area (Å²) in [5, 5.41) is 11.6. The lowest BCUT2D eigenvalue weighted by Crippen LogP contribution is -2.12. The van der Waals surface area contributed by atoms with Crippen molar-refractivity contribution in [1.82, 2.24) is 5.32 Å². The Bertz CT molecular complexity index is 680. The van der Waals surface area contributed by atoms with Crippen molar-refractivity contribution in [2.24, 2.45) is 4.99 Å². The molecule has 0 saturated carbocycles. The van der Waals surface area contributed by atoms with Crippen LogP contribution in [-0.2, 0) is 0 Å². The van der Waals surface area contributed by atoms with Gasteiger partial charge >= 0.3 is 0 Å². The highest BCUT2D eigenvalue weighted by Gasteiger charge is 2.05. The number of ether oxygens (including phenoxy) is 1. The van der Waals surface area contributed by atoms with E-state index in [2.05, 4.69) is 10.3 Å². The van der Waals surface area contributed by atoms with Gasteiger partial charge in [-0.25, -0.2) is 9.38 Å². The highest BCUT2D eigenvalue weighted by molar-refractivity contribution is 8.13. The highest BCUT2D eigenvalue weighted by Crippen LogP contribution is 2.32. The predicted octanol–water partition coefficient (Wildman–Crippen LogP) is 4.04. The van der Waals surface area contributed by atoms with Crippen molar-refractivity contribution in [1.29, 1.82) is 5.26 Å². The predicted molar refractivity (Wildman–Crippen MR) is 82.3 cm³/mol. The summed E-state index contributed by atoms with van der Waals surface area (Å²) in [5.41, 5.74) is 0.578. The molecule has 1 N–H and O–H groups in total. The molecule has 0 spiro atoms. The van der Waals surface area contributed by atoms with Crippen molar-refractivity contribution in [3.05, 3.63) is 54.3 Å². The molecule has 0 radical (unpaired) electrons. The van der Waals surface area contributed by atoms with Crippen LogP contribution in [0.25, 0.3) is 0 Å². The Kier molecular flexibility index (Phi) is 5.18. The number of benzene rings is 2. The first-order chi connectivity index (χ1) is 10.2. The van der Waals surface area contributed by atoms with Crippen molar-refractivity contribution in [2.75, 3.05) is 6.26 Å². The lowest BCUT2D eigenvalue weighted by atomic mass is 10.3. The number of nitrogens with one attached hydrogen (secondary N) is 1. The zero-order valence-electron chi connectivity index (χ0n) is 11.2. The Labute approximate surface area is 126 Å². The number of para-hydroxylation sites is 2. The van der Waals surface area contributed by atoms with Crippen LogP contribution in [0.4, 0.5) is 10.1 Å². The van der Waals surface area contributed by atoms with Gasteiger partial charge in [-0.15, -0.1) is 0 Å². The fourth-order valence-electron chi connectivity index (χ4n) is 1.55. The molecule has 6 heteroatoms. The number of hydrogen-bond donors (Lipinski definition) is 1.